The maximum Gasteiger partial charge on any atom is 0.0630 e. The molecule has 3 nitrogen and oxygen atoms in total. The van der Waals surface area contributed by atoms with Gasteiger partial charge >= 0.3 is 0 Å². The van der Waals surface area contributed by atoms with Crippen molar-refractivity contribution in [2.24, 2.45) is 5.41 Å². The summed E-state index contributed by atoms with van der Waals surface area (Å²) in [5.74, 6) is 0. The van der Waals surface area contributed by atoms with Gasteiger partial charge in [0.2, 0.25) is 0 Å². The van der Waals surface area contributed by atoms with Crippen LogP contribution in [0.1, 0.15) is 72.5 Å². The molecule has 0 atom stereocenters. The van der Waals surface area contributed by atoms with Gasteiger partial charge in [-0.3, -0.25) is 4.68 Å². The van der Waals surface area contributed by atoms with E-state index in [9.17, 15) is 0 Å². The molecule has 0 spiro atoms. The van der Waals surface area contributed by atoms with Gasteiger partial charge in [0.1, 0.15) is 0 Å². The molecule has 0 fully saturated rings. The first-order valence-electron chi connectivity index (χ1n) is 8.15. The molecule has 0 aromatic carbocycles. The summed E-state index contributed by atoms with van der Waals surface area (Å²) in [6.07, 6.45) is 6.69. The Labute approximate surface area is 125 Å². The lowest BCUT2D eigenvalue weighted by atomic mass is 9.84. The van der Waals surface area contributed by atoms with Gasteiger partial charge in [-0.05, 0) is 43.7 Å². The second kappa shape index (κ2) is 7.82. The van der Waals surface area contributed by atoms with Crippen molar-refractivity contribution in [2.45, 2.75) is 79.3 Å². The number of rotatable bonds is 9. The van der Waals surface area contributed by atoms with Gasteiger partial charge < -0.3 is 5.32 Å². The summed E-state index contributed by atoms with van der Waals surface area (Å²) in [6, 6.07) is 3.31. The molecule has 1 rings (SSSR count). The molecule has 0 aliphatic heterocycles. The van der Waals surface area contributed by atoms with Gasteiger partial charge in [0.25, 0.3) is 0 Å². The smallest absolute Gasteiger partial charge is 0.0630 e. The van der Waals surface area contributed by atoms with E-state index in [-0.39, 0.29) is 0 Å². The number of nitrogens with zero attached hydrogens (tertiary/aromatic N) is 2. The topological polar surface area (TPSA) is 29.9 Å². The summed E-state index contributed by atoms with van der Waals surface area (Å²) in [4.78, 5) is 0. The van der Waals surface area contributed by atoms with E-state index in [0.29, 0.717) is 17.5 Å². The molecule has 0 saturated carbocycles. The van der Waals surface area contributed by atoms with Crippen LogP contribution in [0.3, 0.4) is 0 Å². The van der Waals surface area contributed by atoms with Crippen molar-refractivity contribution < 1.29 is 0 Å². The molecule has 0 radical (unpaired) electrons. The van der Waals surface area contributed by atoms with Gasteiger partial charge in [-0.15, -0.1) is 0 Å². The van der Waals surface area contributed by atoms with Gasteiger partial charge in [-0.25, -0.2) is 0 Å². The van der Waals surface area contributed by atoms with E-state index >= 15 is 0 Å². The Bertz CT molecular complexity index is 375. The molecule has 0 aliphatic carbocycles. The number of nitrogens with one attached hydrogen (secondary N) is 1. The first-order chi connectivity index (χ1) is 9.38. The van der Waals surface area contributed by atoms with Crippen molar-refractivity contribution in [3.05, 3.63) is 18.0 Å². The third-order valence-electron chi connectivity index (χ3n) is 3.99. The number of hydrogen-bond donors (Lipinski definition) is 1. The predicted octanol–water partition coefficient (Wildman–Crippen LogP) is 4.20. The standard InChI is InChI=1S/C17H33N3/c1-7-16(8-2)20-12-9-15(19-20)13-17(5,6)10-11-18-14(3)4/h9,12,14,16,18H,7-8,10-11,13H2,1-6H3. The highest BCUT2D eigenvalue weighted by Crippen LogP contribution is 2.25. The molecule has 0 bridgehead atoms. The highest BCUT2D eigenvalue weighted by Gasteiger charge is 2.20. The van der Waals surface area contributed by atoms with Gasteiger partial charge in [0.15, 0.2) is 0 Å². The van der Waals surface area contributed by atoms with Crippen molar-refractivity contribution in [3.63, 3.8) is 0 Å². The monoisotopic (exact) mass is 279 g/mol. The fraction of sp³-hybridized carbons (Fsp3) is 0.824. The quantitative estimate of drug-likeness (QED) is 0.734. The van der Waals surface area contributed by atoms with Crippen molar-refractivity contribution >= 4 is 0 Å². The van der Waals surface area contributed by atoms with Crippen LogP contribution >= 0.6 is 0 Å². The summed E-state index contributed by atoms with van der Waals surface area (Å²) in [6.45, 7) is 14.6. The number of aromatic nitrogens is 2. The lowest BCUT2D eigenvalue weighted by Gasteiger charge is -2.24. The molecule has 1 aromatic rings. The summed E-state index contributed by atoms with van der Waals surface area (Å²) in [5, 5.41) is 8.28. The Hall–Kier alpha value is -0.830. The van der Waals surface area contributed by atoms with Crippen molar-refractivity contribution in [3.8, 4) is 0 Å². The van der Waals surface area contributed by atoms with Crippen LogP contribution in [0.5, 0.6) is 0 Å². The molecular formula is C17H33N3. The minimum Gasteiger partial charge on any atom is -0.315 e. The highest BCUT2D eigenvalue weighted by molar-refractivity contribution is 5.03. The third-order valence-corrected chi connectivity index (χ3v) is 3.99. The summed E-state index contributed by atoms with van der Waals surface area (Å²) in [7, 11) is 0. The maximum atomic E-state index is 4.78. The van der Waals surface area contributed by atoms with E-state index in [4.69, 9.17) is 5.10 Å². The SMILES string of the molecule is CCC(CC)n1ccc(CC(C)(C)CCNC(C)C)n1. The predicted molar refractivity (Wildman–Crippen MR) is 87.1 cm³/mol. The van der Waals surface area contributed by atoms with Gasteiger partial charge in [-0.1, -0.05) is 41.5 Å². The molecule has 3 heteroatoms. The van der Waals surface area contributed by atoms with Crippen LogP contribution in [0.15, 0.2) is 12.3 Å². The van der Waals surface area contributed by atoms with Crippen LogP contribution < -0.4 is 5.32 Å². The van der Waals surface area contributed by atoms with E-state index in [1.54, 1.807) is 0 Å². The van der Waals surface area contributed by atoms with E-state index in [1.165, 1.54) is 12.1 Å². The Morgan fingerprint density at radius 2 is 1.90 bits per heavy atom. The van der Waals surface area contributed by atoms with Crippen LogP contribution in [0.25, 0.3) is 0 Å². The summed E-state index contributed by atoms with van der Waals surface area (Å²) < 4.78 is 2.15. The van der Waals surface area contributed by atoms with E-state index in [2.05, 4.69) is 63.8 Å². The first-order valence-corrected chi connectivity index (χ1v) is 8.15. The van der Waals surface area contributed by atoms with Crippen molar-refractivity contribution in [2.75, 3.05) is 6.54 Å². The molecule has 116 valence electrons. The Balaban J connectivity index is 2.54. The zero-order valence-electron chi connectivity index (χ0n) is 14.2. The first kappa shape index (κ1) is 17.2. The average Bonchev–Trinajstić information content (AvgIpc) is 2.77. The van der Waals surface area contributed by atoms with E-state index in [0.717, 1.165) is 25.8 Å². The average molecular weight is 279 g/mol. The van der Waals surface area contributed by atoms with Crippen molar-refractivity contribution in [1.82, 2.24) is 15.1 Å². The third kappa shape index (κ3) is 5.66. The van der Waals surface area contributed by atoms with Crippen LogP contribution in [-0.4, -0.2) is 22.4 Å². The lowest BCUT2D eigenvalue weighted by molar-refractivity contribution is 0.314. The van der Waals surface area contributed by atoms with E-state index in [1.807, 2.05) is 0 Å². The fourth-order valence-electron chi connectivity index (χ4n) is 2.62. The summed E-state index contributed by atoms with van der Waals surface area (Å²) in [5.41, 5.74) is 1.53. The molecule has 1 heterocycles. The van der Waals surface area contributed by atoms with Gasteiger partial charge in [0, 0.05) is 12.2 Å². The minimum atomic E-state index is 0.301. The number of hydrogen-bond acceptors (Lipinski definition) is 2. The molecule has 20 heavy (non-hydrogen) atoms. The zero-order chi connectivity index (χ0) is 15.2. The van der Waals surface area contributed by atoms with Crippen LogP contribution in [-0.2, 0) is 6.42 Å². The van der Waals surface area contributed by atoms with Gasteiger partial charge in [0.05, 0.1) is 11.7 Å². The maximum absolute atomic E-state index is 4.78. The van der Waals surface area contributed by atoms with Crippen LogP contribution in [0, 0.1) is 5.41 Å². The molecule has 1 aromatic heterocycles. The second-order valence-corrected chi connectivity index (χ2v) is 6.96. The Kier molecular flexibility index (Phi) is 6.74. The highest BCUT2D eigenvalue weighted by atomic mass is 15.3. The molecular weight excluding hydrogens is 246 g/mol. The van der Waals surface area contributed by atoms with Gasteiger partial charge in [-0.2, -0.15) is 5.10 Å². The normalized spacial score (nSPS) is 12.6. The van der Waals surface area contributed by atoms with Crippen LogP contribution in [0.2, 0.25) is 0 Å². The molecule has 0 unspecified atom stereocenters. The lowest BCUT2D eigenvalue weighted by Crippen LogP contribution is -2.28. The minimum absolute atomic E-state index is 0.301. The molecule has 1 N–H and O–H groups in total. The van der Waals surface area contributed by atoms with Crippen LogP contribution in [0.4, 0.5) is 0 Å². The zero-order valence-corrected chi connectivity index (χ0v) is 14.2. The fourth-order valence-corrected chi connectivity index (χ4v) is 2.62. The molecule has 0 amide bonds. The Morgan fingerprint density at radius 1 is 1.25 bits per heavy atom. The second-order valence-electron chi connectivity index (χ2n) is 6.96. The molecule has 0 saturated heterocycles. The Morgan fingerprint density at radius 3 is 2.45 bits per heavy atom. The summed E-state index contributed by atoms with van der Waals surface area (Å²) >= 11 is 0. The van der Waals surface area contributed by atoms with E-state index < -0.39 is 0 Å². The van der Waals surface area contributed by atoms with Crippen molar-refractivity contribution in [1.29, 1.82) is 0 Å². The molecule has 0 aliphatic rings. The largest absolute Gasteiger partial charge is 0.315 e.